The number of carbonyl (C=O) groups excluding carboxylic acids is 3. The van der Waals surface area contributed by atoms with Gasteiger partial charge in [0.15, 0.2) is 5.78 Å². The van der Waals surface area contributed by atoms with Crippen LogP contribution in [0.3, 0.4) is 0 Å². The molecule has 0 aromatic heterocycles. The Morgan fingerprint density at radius 1 is 0.750 bits per heavy atom. The molecule has 7 heteroatoms. The lowest BCUT2D eigenvalue weighted by Crippen LogP contribution is -2.50. The molecule has 3 amide bonds. The van der Waals surface area contributed by atoms with Crippen molar-refractivity contribution in [1.82, 2.24) is 4.90 Å². The number of hydrogen-bond donors (Lipinski definition) is 2. The van der Waals surface area contributed by atoms with E-state index >= 15 is 0 Å². The monoisotopic (exact) mass is 380 g/mol. The van der Waals surface area contributed by atoms with E-state index < -0.39 is 0 Å². The Labute approximate surface area is 164 Å². The number of piperazine rings is 1. The molecular formula is C21H24N4O3. The smallest absolute Gasteiger partial charge is 0.321 e. The molecule has 2 N–H and O–H groups in total. The van der Waals surface area contributed by atoms with Gasteiger partial charge in [-0.2, -0.15) is 0 Å². The first-order valence-corrected chi connectivity index (χ1v) is 9.22. The summed E-state index contributed by atoms with van der Waals surface area (Å²) in [4.78, 5) is 38.9. The minimum atomic E-state index is -0.142. The summed E-state index contributed by atoms with van der Waals surface area (Å²) < 4.78 is 0. The highest BCUT2D eigenvalue weighted by molar-refractivity contribution is 5.95. The first-order valence-electron chi connectivity index (χ1n) is 9.22. The first kappa shape index (κ1) is 19.4. The number of nitrogens with one attached hydrogen (secondary N) is 2. The minimum Gasteiger partial charge on any atom is -0.368 e. The van der Waals surface area contributed by atoms with Gasteiger partial charge in [-0.1, -0.05) is 0 Å². The molecule has 2 aromatic carbocycles. The molecule has 1 aliphatic rings. The van der Waals surface area contributed by atoms with Gasteiger partial charge >= 0.3 is 6.03 Å². The number of ketones is 1. The van der Waals surface area contributed by atoms with Crippen LogP contribution in [0.25, 0.3) is 0 Å². The fourth-order valence-electron chi connectivity index (χ4n) is 3.12. The van der Waals surface area contributed by atoms with Crippen LogP contribution in [0.1, 0.15) is 24.2 Å². The lowest BCUT2D eigenvalue weighted by Gasteiger charge is -2.36. The number of nitrogens with zero attached hydrogens (tertiary/aromatic N) is 2. The van der Waals surface area contributed by atoms with Gasteiger partial charge in [0.2, 0.25) is 5.91 Å². The quantitative estimate of drug-likeness (QED) is 0.798. The van der Waals surface area contributed by atoms with E-state index in [1.54, 1.807) is 29.2 Å². The van der Waals surface area contributed by atoms with E-state index in [-0.39, 0.29) is 17.7 Å². The zero-order valence-corrected chi connectivity index (χ0v) is 16.1. The zero-order chi connectivity index (χ0) is 20.1. The first-order chi connectivity index (χ1) is 13.4. The van der Waals surface area contributed by atoms with E-state index in [2.05, 4.69) is 15.5 Å². The Hall–Kier alpha value is -3.35. The van der Waals surface area contributed by atoms with E-state index in [9.17, 15) is 14.4 Å². The fraction of sp³-hybridized carbons (Fsp3) is 0.286. The third-order valence-corrected chi connectivity index (χ3v) is 4.66. The maximum absolute atomic E-state index is 12.5. The van der Waals surface area contributed by atoms with Gasteiger partial charge in [0.05, 0.1) is 0 Å². The van der Waals surface area contributed by atoms with Gasteiger partial charge < -0.3 is 20.4 Å². The summed E-state index contributed by atoms with van der Waals surface area (Å²) in [5.74, 6) is -0.0950. The molecule has 0 atom stereocenters. The Morgan fingerprint density at radius 3 is 1.82 bits per heavy atom. The fourth-order valence-corrected chi connectivity index (χ4v) is 3.12. The van der Waals surface area contributed by atoms with Gasteiger partial charge in [-0.25, -0.2) is 4.79 Å². The topological polar surface area (TPSA) is 81.8 Å². The van der Waals surface area contributed by atoms with Crippen LogP contribution >= 0.6 is 0 Å². The number of urea groups is 1. The van der Waals surface area contributed by atoms with Crippen LogP contribution in [0.2, 0.25) is 0 Å². The molecule has 1 heterocycles. The summed E-state index contributed by atoms with van der Waals surface area (Å²) in [5, 5.41) is 5.63. The molecule has 2 aromatic rings. The number of Topliss-reactive ketones (excluding diaryl/α,β-unsaturated/α-hetero) is 1. The van der Waals surface area contributed by atoms with Gasteiger partial charge in [-0.05, 0) is 55.5 Å². The molecule has 1 saturated heterocycles. The zero-order valence-electron chi connectivity index (χ0n) is 16.1. The maximum atomic E-state index is 12.5. The average Bonchev–Trinajstić information content (AvgIpc) is 2.68. The molecule has 0 spiro atoms. The van der Waals surface area contributed by atoms with Crippen molar-refractivity contribution < 1.29 is 14.4 Å². The molecule has 7 nitrogen and oxygen atoms in total. The van der Waals surface area contributed by atoms with Crippen molar-refractivity contribution in [2.75, 3.05) is 41.7 Å². The second-order valence-corrected chi connectivity index (χ2v) is 6.77. The second kappa shape index (κ2) is 8.56. The molecule has 0 radical (unpaired) electrons. The Bertz CT molecular complexity index is 854. The summed E-state index contributed by atoms with van der Waals surface area (Å²) in [6, 6.07) is 14.4. The summed E-state index contributed by atoms with van der Waals surface area (Å²) in [6.07, 6.45) is 0. The number of carbonyl (C=O) groups is 3. The third-order valence-electron chi connectivity index (χ3n) is 4.66. The molecule has 0 saturated carbocycles. The molecule has 0 unspecified atom stereocenters. The van der Waals surface area contributed by atoms with E-state index in [1.165, 1.54) is 13.8 Å². The largest absolute Gasteiger partial charge is 0.368 e. The highest BCUT2D eigenvalue weighted by Gasteiger charge is 2.21. The molecule has 0 aliphatic carbocycles. The lowest BCUT2D eigenvalue weighted by atomic mass is 10.1. The van der Waals surface area contributed by atoms with Gasteiger partial charge in [0.25, 0.3) is 0 Å². The Morgan fingerprint density at radius 2 is 1.29 bits per heavy atom. The highest BCUT2D eigenvalue weighted by Crippen LogP contribution is 2.20. The van der Waals surface area contributed by atoms with E-state index in [1.807, 2.05) is 24.3 Å². The molecule has 1 fully saturated rings. The number of hydrogen-bond acceptors (Lipinski definition) is 4. The predicted molar refractivity (Wildman–Crippen MR) is 110 cm³/mol. The summed E-state index contributed by atoms with van der Waals surface area (Å²) in [5.41, 5.74) is 3.13. The number of rotatable bonds is 4. The third kappa shape index (κ3) is 4.88. The molecule has 1 aliphatic heterocycles. The van der Waals surface area contributed by atoms with Gasteiger partial charge in [-0.3, -0.25) is 9.59 Å². The highest BCUT2D eigenvalue weighted by atomic mass is 16.2. The summed E-state index contributed by atoms with van der Waals surface area (Å²) in [7, 11) is 0. The average molecular weight is 380 g/mol. The van der Waals surface area contributed by atoms with Crippen LogP contribution in [0.5, 0.6) is 0 Å². The Kier molecular flexibility index (Phi) is 5.93. The number of anilines is 3. The van der Waals surface area contributed by atoms with Gasteiger partial charge in [0.1, 0.15) is 0 Å². The van der Waals surface area contributed by atoms with Crippen molar-refractivity contribution in [3.05, 3.63) is 54.1 Å². The van der Waals surface area contributed by atoms with Crippen molar-refractivity contribution in [1.29, 1.82) is 0 Å². The van der Waals surface area contributed by atoms with E-state index in [0.717, 1.165) is 24.5 Å². The normalized spacial score (nSPS) is 13.8. The lowest BCUT2D eigenvalue weighted by molar-refractivity contribution is -0.114. The summed E-state index contributed by atoms with van der Waals surface area (Å²) in [6.45, 7) is 5.69. The van der Waals surface area contributed by atoms with E-state index in [0.29, 0.717) is 24.3 Å². The van der Waals surface area contributed by atoms with Crippen LogP contribution in [-0.4, -0.2) is 48.8 Å². The second-order valence-electron chi connectivity index (χ2n) is 6.77. The van der Waals surface area contributed by atoms with Crippen LogP contribution < -0.4 is 15.5 Å². The molecular weight excluding hydrogens is 356 g/mol. The van der Waals surface area contributed by atoms with Gasteiger partial charge in [-0.15, -0.1) is 0 Å². The van der Waals surface area contributed by atoms with Crippen LogP contribution in [0.15, 0.2) is 48.5 Å². The van der Waals surface area contributed by atoms with Crippen molar-refractivity contribution in [3.8, 4) is 0 Å². The Balaban J connectivity index is 1.52. The van der Waals surface area contributed by atoms with Crippen molar-refractivity contribution in [3.63, 3.8) is 0 Å². The SMILES string of the molecule is CC(=O)Nc1ccc(N2CCN(C(=O)Nc3ccc(C(C)=O)cc3)CC2)cc1. The van der Waals surface area contributed by atoms with Crippen molar-refractivity contribution in [2.45, 2.75) is 13.8 Å². The number of benzene rings is 2. The van der Waals surface area contributed by atoms with Crippen LogP contribution in [-0.2, 0) is 4.79 Å². The summed E-state index contributed by atoms with van der Waals surface area (Å²) >= 11 is 0. The molecule has 0 bridgehead atoms. The van der Waals surface area contributed by atoms with Crippen molar-refractivity contribution >= 4 is 34.8 Å². The van der Waals surface area contributed by atoms with Crippen molar-refractivity contribution in [2.24, 2.45) is 0 Å². The molecule has 146 valence electrons. The molecule has 3 rings (SSSR count). The van der Waals surface area contributed by atoms with E-state index in [4.69, 9.17) is 0 Å². The standard InChI is InChI=1S/C21H24N4O3/c1-15(26)17-3-5-19(6-4-17)23-21(28)25-13-11-24(12-14-25)20-9-7-18(8-10-20)22-16(2)27/h3-10H,11-14H2,1-2H3,(H,22,27)(H,23,28). The van der Waals surface area contributed by atoms with Crippen LogP contribution in [0, 0.1) is 0 Å². The minimum absolute atomic E-state index is 0.000828. The predicted octanol–water partition coefficient (Wildman–Crippen LogP) is 3.20. The van der Waals surface area contributed by atoms with Crippen LogP contribution in [0.4, 0.5) is 21.9 Å². The molecule has 28 heavy (non-hydrogen) atoms. The maximum Gasteiger partial charge on any atom is 0.321 e. The number of amides is 3. The van der Waals surface area contributed by atoms with Gasteiger partial charge in [0, 0.05) is 55.7 Å².